The largest absolute Gasteiger partial charge is 0.480 e. The second kappa shape index (κ2) is 9.27. The molecule has 25 heavy (non-hydrogen) atoms. The number of halogens is 2. The molecule has 0 heterocycles. The summed E-state index contributed by atoms with van der Waals surface area (Å²) < 4.78 is 0. The lowest BCUT2D eigenvalue weighted by atomic mass is 9.85. The first-order valence-corrected chi connectivity index (χ1v) is 9.08. The molecular weight excluding hydrogens is 365 g/mol. The molecule has 1 aromatic carbocycles. The highest BCUT2D eigenvalue weighted by atomic mass is 35.5. The minimum absolute atomic E-state index is 0.0436. The zero-order chi connectivity index (χ0) is 18.4. The number of hydrogen-bond acceptors (Lipinski definition) is 3. The van der Waals surface area contributed by atoms with E-state index in [2.05, 4.69) is 10.6 Å². The summed E-state index contributed by atoms with van der Waals surface area (Å²) in [6, 6.07) is 5.40. The lowest BCUT2D eigenvalue weighted by Gasteiger charge is -2.42. The maximum atomic E-state index is 11.9. The highest BCUT2D eigenvalue weighted by Gasteiger charge is 2.34. The number of aliphatic carboxylic acids is 1. The SMILES string of the molecule is CCN(CC(=O)O)C1CC(NC(=O)NCCc2ccc(Cl)cc2Cl)C1. The number of rotatable bonds is 8. The van der Waals surface area contributed by atoms with E-state index >= 15 is 0 Å². The van der Waals surface area contributed by atoms with E-state index in [-0.39, 0.29) is 24.7 Å². The van der Waals surface area contributed by atoms with Gasteiger partial charge in [-0.1, -0.05) is 36.2 Å². The number of urea groups is 1. The Morgan fingerprint density at radius 1 is 1.32 bits per heavy atom. The molecule has 138 valence electrons. The van der Waals surface area contributed by atoms with Gasteiger partial charge in [-0.15, -0.1) is 0 Å². The van der Waals surface area contributed by atoms with Crippen LogP contribution < -0.4 is 10.6 Å². The highest BCUT2D eigenvalue weighted by Crippen LogP contribution is 2.25. The Balaban J connectivity index is 1.66. The van der Waals surface area contributed by atoms with Crippen molar-refractivity contribution >= 4 is 35.2 Å². The number of nitrogens with one attached hydrogen (secondary N) is 2. The Kier molecular flexibility index (Phi) is 7.35. The van der Waals surface area contributed by atoms with Gasteiger partial charge in [0.1, 0.15) is 0 Å². The first-order valence-electron chi connectivity index (χ1n) is 8.33. The van der Waals surface area contributed by atoms with Crippen molar-refractivity contribution < 1.29 is 14.7 Å². The molecule has 6 nitrogen and oxygen atoms in total. The van der Waals surface area contributed by atoms with Crippen molar-refractivity contribution in [2.45, 2.75) is 38.3 Å². The van der Waals surface area contributed by atoms with Gasteiger partial charge < -0.3 is 15.7 Å². The topological polar surface area (TPSA) is 81.7 Å². The Morgan fingerprint density at radius 3 is 2.64 bits per heavy atom. The summed E-state index contributed by atoms with van der Waals surface area (Å²) in [6.07, 6.45) is 2.17. The smallest absolute Gasteiger partial charge is 0.317 e. The van der Waals surface area contributed by atoms with Crippen LogP contribution in [0.2, 0.25) is 10.0 Å². The van der Waals surface area contributed by atoms with Gasteiger partial charge in [0.25, 0.3) is 0 Å². The first-order chi connectivity index (χ1) is 11.9. The van der Waals surface area contributed by atoms with Crippen LogP contribution in [-0.4, -0.2) is 53.7 Å². The number of amides is 2. The van der Waals surface area contributed by atoms with E-state index in [9.17, 15) is 9.59 Å². The van der Waals surface area contributed by atoms with Crippen LogP contribution in [0.4, 0.5) is 4.79 Å². The van der Waals surface area contributed by atoms with E-state index in [4.69, 9.17) is 28.3 Å². The zero-order valence-corrected chi connectivity index (χ0v) is 15.6. The van der Waals surface area contributed by atoms with Gasteiger partial charge in [-0.25, -0.2) is 4.79 Å². The molecule has 0 unspecified atom stereocenters. The number of hydrogen-bond donors (Lipinski definition) is 3. The Morgan fingerprint density at radius 2 is 2.04 bits per heavy atom. The van der Waals surface area contributed by atoms with Gasteiger partial charge in [0.05, 0.1) is 6.54 Å². The minimum atomic E-state index is -0.822. The van der Waals surface area contributed by atoms with Gasteiger partial charge in [-0.3, -0.25) is 9.69 Å². The van der Waals surface area contributed by atoms with Crippen LogP contribution in [0, 0.1) is 0 Å². The lowest BCUT2D eigenvalue weighted by Crippen LogP contribution is -2.56. The van der Waals surface area contributed by atoms with Gasteiger partial charge in [-0.2, -0.15) is 0 Å². The molecule has 0 aromatic heterocycles. The molecule has 0 saturated heterocycles. The van der Waals surface area contributed by atoms with E-state index in [0.717, 1.165) is 18.4 Å². The summed E-state index contributed by atoms with van der Waals surface area (Å²) in [5.74, 6) is -0.822. The number of carboxylic acid groups (broad SMARTS) is 1. The Hall–Kier alpha value is -1.50. The van der Waals surface area contributed by atoms with Gasteiger partial charge in [0.15, 0.2) is 0 Å². The van der Waals surface area contributed by atoms with Gasteiger partial charge in [-0.05, 0) is 43.5 Å². The van der Waals surface area contributed by atoms with Gasteiger partial charge in [0.2, 0.25) is 0 Å². The molecule has 3 N–H and O–H groups in total. The van der Waals surface area contributed by atoms with Crippen molar-refractivity contribution in [3.8, 4) is 0 Å². The van der Waals surface area contributed by atoms with Gasteiger partial charge in [0, 0.05) is 28.7 Å². The van der Waals surface area contributed by atoms with Crippen LogP contribution in [-0.2, 0) is 11.2 Å². The van der Waals surface area contributed by atoms with E-state index in [0.29, 0.717) is 29.6 Å². The van der Waals surface area contributed by atoms with Crippen molar-refractivity contribution in [2.24, 2.45) is 0 Å². The number of carboxylic acids is 1. The lowest BCUT2D eigenvalue weighted by molar-refractivity contribution is -0.139. The second-order valence-corrected chi connectivity index (χ2v) is 7.01. The maximum absolute atomic E-state index is 11.9. The molecule has 1 aliphatic carbocycles. The number of benzene rings is 1. The third-order valence-electron chi connectivity index (χ3n) is 4.40. The minimum Gasteiger partial charge on any atom is -0.480 e. The summed E-state index contributed by atoms with van der Waals surface area (Å²) in [5, 5.41) is 15.8. The van der Waals surface area contributed by atoms with E-state index in [1.54, 1.807) is 12.1 Å². The number of likely N-dealkylation sites (N-methyl/N-ethyl adjacent to an activating group) is 1. The van der Waals surface area contributed by atoms with E-state index in [1.807, 2.05) is 17.9 Å². The first kappa shape index (κ1) is 19.8. The predicted molar refractivity (Wildman–Crippen MR) is 98.4 cm³/mol. The third-order valence-corrected chi connectivity index (χ3v) is 4.99. The van der Waals surface area contributed by atoms with E-state index in [1.165, 1.54) is 0 Å². The molecule has 2 rings (SSSR count). The Bertz CT molecular complexity index is 621. The summed E-state index contributed by atoms with van der Waals surface area (Å²) in [6.45, 7) is 3.15. The standard InChI is InChI=1S/C17H23Cl2N3O3/c1-2-22(10-16(23)24)14-8-13(9-14)21-17(25)20-6-5-11-3-4-12(18)7-15(11)19/h3-4,7,13-14H,2,5-6,8-10H2,1H3,(H,23,24)(H2,20,21,25). The fraction of sp³-hybridized carbons (Fsp3) is 0.529. The second-order valence-electron chi connectivity index (χ2n) is 6.16. The van der Waals surface area contributed by atoms with Crippen molar-refractivity contribution in [3.63, 3.8) is 0 Å². The van der Waals surface area contributed by atoms with Crippen LogP contribution in [0.25, 0.3) is 0 Å². The monoisotopic (exact) mass is 387 g/mol. The molecule has 1 fully saturated rings. The summed E-state index contributed by atoms with van der Waals surface area (Å²) in [4.78, 5) is 24.6. The average Bonchev–Trinajstić information content (AvgIpc) is 2.50. The van der Waals surface area contributed by atoms with Crippen molar-refractivity contribution in [1.82, 2.24) is 15.5 Å². The predicted octanol–water partition coefficient (Wildman–Crippen LogP) is 2.77. The van der Waals surface area contributed by atoms with Crippen LogP contribution in [0.5, 0.6) is 0 Å². The average molecular weight is 388 g/mol. The number of nitrogens with zero attached hydrogens (tertiary/aromatic N) is 1. The molecule has 1 aliphatic rings. The zero-order valence-electron chi connectivity index (χ0n) is 14.1. The van der Waals surface area contributed by atoms with Crippen LogP contribution in [0.3, 0.4) is 0 Å². The third kappa shape index (κ3) is 6.06. The molecule has 0 atom stereocenters. The van der Waals surface area contributed by atoms with Crippen LogP contribution in [0.1, 0.15) is 25.3 Å². The molecule has 1 saturated carbocycles. The molecule has 0 radical (unpaired) electrons. The number of carbonyl (C=O) groups excluding carboxylic acids is 1. The van der Waals surface area contributed by atoms with E-state index < -0.39 is 5.97 Å². The fourth-order valence-electron chi connectivity index (χ4n) is 2.95. The molecule has 0 aliphatic heterocycles. The summed E-state index contributed by atoms with van der Waals surface area (Å²) >= 11 is 12.0. The summed E-state index contributed by atoms with van der Waals surface area (Å²) in [7, 11) is 0. The number of carbonyl (C=O) groups is 2. The molecule has 2 amide bonds. The highest BCUT2D eigenvalue weighted by molar-refractivity contribution is 6.35. The van der Waals surface area contributed by atoms with Crippen LogP contribution >= 0.6 is 23.2 Å². The molecular formula is C17H23Cl2N3O3. The van der Waals surface area contributed by atoms with Crippen LogP contribution in [0.15, 0.2) is 18.2 Å². The molecule has 0 spiro atoms. The van der Waals surface area contributed by atoms with Crippen molar-refractivity contribution in [2.75, 3.05) is 19.6 Å². The maximum Gasteiger partial charge on any atom is 0.317 e. The summed E-state index contributed by atoms with van der Waals surface area (Å²) in [5.41, 5.74) is 0.933. The molecule has 0 bridgehead atoms. The Labute approximate surface area is 157 Å². The van der Waals surface area contributed by atoms with Crippen molar-refractivity contribution in [3.05, 3.63) is 33.8 Å². The molecule has 1 aromatic rings. The quantitative estimate of drug-likeness (QED) is 0.640. The molecule has 8 heteroatoms. The fourth-order valence-corrected chi connectivity index (χ4v) is 3.45. The van der Waals surface area contributed by atoms with Gasteiger partial charge >= 0.3 is 12.0 Å². The van der Waals surface area contributed by atoms with Crippen molar-refractivity contribution in [1.29, 1.82) is 0 Å². The normalized spacial score (nSPS) is 19.4.